The molecular weight excluding hydrogens is 225 g/mol. The third-order valence-electron chi connectivity index (χ3n) is 2.73. The highest BCUT2D eigenvalue weighted by Gasteiger charge is 2.10. The van der Waals surface area contributed by atoms with Crippen LogP contribution in [-0.4, -0.2) is 0 Å². The minimum absolute atomic E-state index is 0.153. The van der Waals surface area contributed by atoms with Crippen LogP contribution in [0.25, 0.3) is 0 Å². The van der Waals surface area contributed by atoms with Gasteiger partial charge in [-0.1, -0.05) is 44.2 Å². The van der Waals surface area contributed by atoms with E-state index in [9.17, 15) is 4.39 Å². The van der Waals surface area contributed by atoms with Crippen molar-refractivity contribution in [1.82, 2.24) is 0 Å². The summed E-state index contributed by atoms with van der Waals surface area (Å²) in [7, 11) is 0. The zero-order valence-electron chi connectivity index (χ0n) is 9.68. The fourth-order valence-electron chi connectivity index (χ4n) is 1.75. The van der Waals surface area contributed by atoms with Crippen LogP contribution in [0.1, 0.15) is 50.6 Å². The van der Waals surface area contributed by atoms with Gasteiger partial charge in [0.05, 0.1) is 0 Å². The van der Waals surface area contributed by atoms with E-state index in [2.05, 4.69) is 6.92 Å². The summed E-state index contributed by atoms with van der Waals surface area (Å²) in [5, 5.41) is 0.560. The highest BCUT2D eigenvalue weighted by molar-refractivity contribution is 6.31. The van der Waals surface area contributed by atoms with E-state index in [1.165, 1.54) is 31.4 Å². The molecule has 0 bridgehead atoms. The van der Waals surface area contributed by atoms with Crippen LogP contribution in [-0.2, 0) is 0 Å². The summed E-state index contributed by atoms with van der Waals surface area (Å²) >= 11 is 5.98. The van der Waals surface area contributed by atoms with Gasteiger partial charge in [0.2, 0.25) is 0 Å². The molecule has 0 amide bonds. The second-order valence-corrected chi connectivity index (χ2v) is 4.53. The molecule has 1 rings (SSSR count). The number of halogens is 2. The standard InChI is InChI=1S/C13H19ClFN/c1-2-3-4-5-6-13(16)11-9-10(15)7-8-12(11)14/h7-9,13H,2-6,16H2,1H3. The molecule has 0 aromatic heterocycles. The van der Waals surface area contributed by atoms with Gasteiger partial charge in [0.15, 0.2) is 0 Å². The van der Waals surface area contributed by atoms with Crippen molar-refractivity contribution in [2.24, 2.45) is 5.73 Å². The van der Waals surface area contributed by atoms with Crippen LogP contribution in [0.2, 0.25) is 5.02 Å². The van der Waals surface area contributed by atoms with E-state index in [0.29, 0.717) is 5.02 Å². The van der Waals surface area contributed by atoms with Crippen molar-refractivity contribution < 1.29 is 4.39 Å². The molecule has 0 fully saturated rings. The number of unbranched alkanes of at least 4 members (excludes halogenated alkanes) is 3. The Labute approximate surface area is 102 Å². The van der Waals surface area contributed by atoms with Gasteiger partial charge in [0.1, 0.15) is 5.82 Å². The third kappa shape index (κ3) is 4.11. The number of hydrogen-bond acceptors (Lipinski definition) is 1. The summed E-state index contributed by atoms with van der Waals surface area (Å²) < 4.78 is 13.0. The molecule has 0 saturated carbocycles. The lowest BCUT2D eigenvalue weighted by Crippen LogP contribution is -2.11. The van der Waals surface area contributed by atoms with Gasteiger partial charge in [-0.3, -0.25) is 0 Å². The molecule has 1 nitrogen and oxygen atoms in total. The van der Waals surface area contributed by atoms with Gasteiger partial charge in [-0.05, 0) is 30.2 Å². The Kier molecular flexibility index (Phi) is 5.78. The lowest BCUT2D eigenvalue weighted by Gasteiger charge is -2.13. The van der Waals surface area contributed by atoms with E-state index >= 15 is 0 Å². The summed E-state index contributed by atoms with van der Waals surface area (Å²) in [5.41, 5.74) is 6.72. The number of benzene rings is 1. The first-order chi connectivity index (χ1) is 7.65. The van der Waals surface area contributed by atoms with Gasteiger partial charge in [-0.15, -0.1) is 0 Å². The highest BCUT2D eigenvalue weighted by Crippen LogP contribution is 2.25. The van der Waals surface area contributed by atoms with E-state index in [1.807, 2.05) is 0 Å². The van der Waals surface area contributed by atoms with Crippen molar-refractivity contribution in [2.75, 3.05) is 0 Å². The predicted octanol–water partition coefficient (Wildman–Crippen LogP) is 4.45. The Morgan fingerprint density at radius 3 is 2.75 bits per heavy atom. The van der Waals surface area contributed by atoms with Crippen LogP contribution < -0.4 is 5.73 Å². The van der Waals surface area contributed by atoms with E-state index in [1.54, 1.807) is 6.07 Å². The van der Waals surface area contributed by atoms with Crippen LogP contribution in [0.3, 0.4) is 0 Å². The second kappa shape index (κ2) is 6.87. The third-order valence-corrected chi connectivity index (χ3v) is 3.07. The van der Waals surface area contributed by atoms with Crippen LogP contribution in [0.15, 0.2) is 18.2 Å². The molecule has 1 aromatic carbocycles. The average molecular weight is 244 g/mol. The molecule has 0 spiro atoms. The van der Waals surface area contributed by atoms with Gasteiger partial charge in [-0.25, -0.2) is 4.39 Å². The Morgan fingerprint density at radius 2 is 2.06 bits per heavy atom. The van der Waals surface area contributed by atoms with Crippen molar-refractivity contribution in [3.05, 3.63) is 34.6 Å². The summed E-state index contributed by atoms with van der Waals surface area (Å²) in [6.07, 6.45) is 5.54. The molecule has 0 aliphatic rings. The van der Waals surface area contributed by atoms with Gasteiger partial charge in [0, 0.05) is 11.1 Å². The Balaban J connectivity index is 2.51. The lowest BCUT2D eigenvalue weighted by atomic mass is 10.0. The largest absolute Gasteiger partial charge is 0.324 e. The minimum Gasteiger partial charge on any atom is -0.324 e. The molecule has 0 radical (unpaired) electrons. The number of hydrogen-bond donors (Lipinski definition) is 1. The fourth-order valence-corrected chi connectivity index (χ4v) is 2.00. The van der Waals surface area contributed by atoms with Crippen molar-refractivity contribution in [3.63, 3.8) is 0 Å². The van der Waals surface area contributed by atoms with Crippen molar-refractivity contribution in [1.29, 1.82) is 0 Å². The first-order valence-electron chi connectivity index (χ1n) is 5.85. The molecule has 1 aromatic rings. The first kappa shape index (κ1) is 13.5. The summed E-state index contributed by atoms with van der Waals surface area (Å²) in [4.78, 5) is 0. The van der Waals surface area contributed by atoms with Crippen LogP contribution >= 0.6 is 11.6 Å². The maximum atomic E-state index is 13.0. The number of nitrogens with two attached hydrogens (primary N) is 1. The molecule has 0 saturated heterocycles. The normalized spacial score (nSPS) is 12.8. The minimum atomic E-state index is -0.275. The molecule has 0 aliphatic heterocycles. The van der Waals surface area contributed by atoms with Crippen molar-refractivity contribution in [2.45, 2.75) is 45.1 Å². The second-order valence-electron chi connectivity index (χ2n) is 4.12. The lowest BCUT2D eigenvalue weighted by molar-refractivity contribution is 0.560. The Morgan fingerprint density at radius 1 is 1.31 bits per heavy atom. The predicted molar refractivity (Wildman–Crippen MR) is 67.1 cm³/mol. The Hall–Kier alpha value is -0.600. The molecular formula is C13H19ClFN. The maximum Gasteiger partial charge on any atom is 0.123 e. The van der Waals surface area contributed by atoms with Gasteiger partial charge < -0.3 is 5.73 Å². The average Bonchev–Trinajstić information content (AvgIpc) is 2.27. The van der Waals surface area contributed by atoms with Crippen LogP contribution in [0.5, 0.6) is 0 Å². The topological polar surface area (TPSA) is 26.0 Å². The van der Waals surface area contributed by atoms with E-state index < -0.39 is 0 Å². The van der Waals surface area contributed by atoms with Crippen LogP contribution in [0, 0.1) is 5.82 Å². The van der Waals surface area contributed by atoms with E-state index in [4.69, 9.17) is 17.3 Å². The molecule has 1 atom stereocenters. The van der Waals surface area contributed by atoms with Gasteiger partial charge in [-0.2, -0.15) is 0 Å². The molecule has 90 valence electrons. The Bertz CT molecular complexity index is 328. The molecule has 3 heteroatoms. The monoisotopic (exact) mass is 243 g/mol. The summed E-state index contributed by atoms with van der Waals surface area (Å²) in [5.74, 6) is -0.275. The molecule has 0 aliphatic carbocycles. The smallest absolute Gasteiger partial charge is 0.123 e. The zero-order chi connectivity index (χ0) is 12.0. The zero-order valence-corrected chi connectivity index (χ0v) is 10.4. The van der Waals surface area contributed by atoms with Crippen molar-refractivity contribution in [3.8, 4) is 0 Å². The summed E-state index contributed by atoms with van der Waals surface area (Å²) in [6.45, 7) is 2.17. The van der Waals surface area contributed by atoms with E-state index in [0.717, 1.165) is 18.4 Å². The van der Waals surface area contributed by atoms with Crippen LogP contribution in [0.4, 0.5) is 4.39 Å². The van der Waals surface area contributed by atoms with Gasteiger partial charge in [0.25, 0.3) is 0 Å². The molecule has 0 heterocycles. The first-order valence-corrected chi connectivity index (χ1v) is 6.23. The van der Waals surface area contributed by atoms with Gasteiger partial charge >= 0.3 is 0 Å². The molecule has 16 heavy (non-hydrogen) atoms. The molecule has 2 N–H and O–H groups in total. The van der Waals surface area contributed by atoms with E-state index in [-0.39, 0.29) is 11.9 Å². The fraction of sp³-hybridized carbons (Fsp3) is 0.538. The quantitative estimate of drug-likeness (QED) is 0.734. The summed E-state index contributed by atoms with van der Waals surface area (Å²) in [6, 6.07) is 4.21. The highest BCUT2D eigenvalue weighted by atomic mass is 35.5. The SMILES string of the molecule is CCCCCCC(N)c1cc(F)ccc1Cl. The molecule has 1 unspecified atom stereocenters. The maximum absolute atomic E-state index is 13.0. The number of rotatable bonds is 6. The van der Waals surface area contributed by atoms with Crippen molar-refractivity contribution >= 4 is 11.6 Å².